The van der Waals surface area contributed by atoms with E-state index < -0.39 is 23.1 Å². The van der Waals surface area contributed by atoms with Crippen molar-refractivity contribution in [2.75, 3.05) is 19.8 Å². The molecule has 0 spiro atoms. The fourth-order valence-electron chi connectivity index (χ4n) is 5.73. The van der Waals surface area contributed by atoms with Crippen LogP contribution in [0, 0.1) is 23.0 Å². The van der Waals surface area contributed by atoms with Crippen molar-refractivity contribution in [2.45, 2.75) is 52.6 Å². The Labute approximate surface area is 246 Å². The van der Waals surface area contributed by atoms with Crippen molar-refractivity contribution >= 4 is 5.91 Å². The highest BCUT2D eigenvalue weighted by atomic mass is 19.1. The molecule has 3 heterocycles. The molecule has 0 bridgehead atoms. The number of amides is 1. The zero-order valence-electron chi connectivity index (χ0n) is 24.5. The molecule has 1 amide bonds. The number of benzene rings is 2. The molecule has 2 aromatic carbocycles. The monoisotopic (exact) mass is 572 g/mol. The average molecular weight is 573 g/mol. The fraction of sp³-hybridized carbons (Fsp3) is 0.382. The zero-order valence-corrected chi connectivity index (χ0v) is 24.5. The minimum absolute atomic E-state index is 0.0835. The van der Waals surface area contributed by atoms with Crippen LogP contribution in [0.2, 0.25) is 0 Å². The first-order chi connectivity index (χ1) is 20.2. The molecule has 2 atom stereocenters. The summed E-state index contributed by atoms with van der Waals surface area (Å²) in [5.41, 5.74) is 1.46. The molecule has 5 rings (SSSR count). The Kier molecular flexibility index (Phi) is 9.12. The number of pyridine rings is 1. The molecule has 0 radical (unpaired) electrons. The Morgan fingerprint density at radius 1 is 1.12 bits per heavy atom. The summed E-state index contributed by atoms with van der Waals surface area (Å²) < 4.78 is 37.0. The van der Waals surface area contributed by atoms with Crippen molar-refractivity contribution in [3.05, 3.63) is 108 Å². The zero-order chi connectivity index (χ0) is 29.7. The van der Waals surface area contributed by atoms with Gasteiger partial charge in [-0.2, -0.15) is 0 Å². The van der Waals surface area contributed by atoms with Crippen LogP contribution in [0.5, 0.6) is 0 Å². The van der Waals surface area contributed by atoms with Crippen LogP contribution in [-0.2, 0) is 11.3 Å². The second-order valence-electron chi connectivity index (χ2n) is 12.1. The largest absolute Gasteiger partial charge is 0.381 e. The van der Waals surface area contributed by atoms with Crippen LogP contribution < -0.4 is 0 Å². The van der Waals surface area contributed by atoms with Gasteiger partial charge in [-0.3, -0.25) is 9.78 Å². The van der Waals surface area contributed by atoms with Crippen molar-refractivity contribution in [3.63, 3.8) is 0 Å². The van der Waals surface area contributed by atoms with Gasteiger partial charge in [0.1, 0.15) is 17.5 Å². The lowest BCUT2D eigenvalue weighted by molar-refractivity contribution is 0.0301. The van der Waals surface area contributed by atoms with E-state index in [1.54, 1.807) is 30.7 Å². The van der Waals surface area contributed by atoms with Crippen LogP contribution in [0.1, 0.15) is 67.8 Å². The topological polar surface area (TPSA) is 60.2 Å². The summed E-state index contributed by atoms with van der Waals surface area (Å²) in [6.45, 7) is 8.64. The predicted octanol–water partition coefficient (Wildman–Crippen LogP) is 7.32. The molecule has 8 heteroatoms. The summed E-state index contributed by atoms with van der Waals surface area (Å²) in [4.78, 5) is 25.3. The highest BCUT2D eigenvalue weighted by molar-refractivity contribution is 5.94. The molecule has 1 saturated heterocycles. The lowest BCUT2D eigenvalue weighted by Gasteiger charge is -2.40. The maximum absolute atomic E-state index is 15.0. The second kappa shape index (κ2) is 12.9. The SMILES string of the molecule is CC(C)(C)[C@H](c1nc(-c2cc(F)ccc2F)cn1Cc1ccccc1)N(CC[C@@H]1CCCOC1)C(=O)c1cccnc1. The van der Waals surface area contributed by atoms with Gasteiger partial charge in [0.25, 0.3) is 5.91 Å². The first kappa shape index (κ1) is 29.6. The van der Waals surface area contributed by atoms with E-state index in [9.17, 15) is 13.6 Å². The standard InChI is InChI=1S/C34H38F2N4O2/c1-34(2,3)31(40(17-15-25-11-8-18-42-23-25)33(41)26-12-7-16-37-20-26)32-38-30(28-19-27(35)13-14-29(28)36)22-39(32)21-24-9-5-4-6-10-24/h4-7,9-10,12-14,16,19-20,22,25,31H,8,11,15,17-18,21,23H2,1-3H3/t25-,31-/m0/s1. The summed E-state index contributed by atoms with van der Waals surface area (Å²) in [5, 5.41) is 0. The fourth-order valence-corrected chi connectivity index (χ4v) is 5.73. The molecule has 1 fully saturated rings. The predicted molar refractivity (Wildman–Crippen MR) is 159 cm³/mol. The van der Waals surface area contributed by atoms with Crippen LogP contribution >= 0.6 is 0 Å². The van der Waals surface area contributed by atoms with E-state index in [0.29, 0.717) is 42.7 Å². The molecule has 42 heavy (non-hydrogen) atoms. The molecular formula is C34H38F2N4O2. The van der Waals surface area contributed by atoms with E-state index in [1.807, 2.05) is 39.8 Å². The summed E-state index contributed by atoms with van der Waals surface area (Å²) in [6, 6.07) is 16.3. The van der Waals surface area contributed by atoms with Crippen LogP contribution in [0.15, 0.2) is 79.3 Å². The Morgan fingerprint density at radius 2 is 1.93 bits per heavy atom. The number of rotatable bonds is 9. The van der Waals surface area contributed by atoms with E-state index in [2.05, 4.69) is 25.8 Å². The normalized spacial score (nSPS) is 16.3. The number of halogens is 2. The summed E-state index contributed by atoms with van der Waals surface area (Å²) in [6.07, 6.45) is 7.84. The first-order valence-electron chi connectivity index (χ1n) is 14.6. The smallest absolute Gasteiger partial charge is 0.256 e. The minimum atomic E-state index is -0.555. The van der Waals surface area contributed by atoms with Crippen molar-refractivity contribution in [3.8, 4) is 11.3 Å². The Morgan fingerprint density at radius 3 is 2.62 bits per heavy atom. The summed E-state index contributed by atoms with van der Waals surface area (Å²) >= 11 is 0. The van der Waals surface area contributed by atoms with E-state index in [0.717, 1.165) is 43.6 Å². The molecule has 0 N–H and O–H groups in total. The minimum Gasteiger partial charge on any atom is -0.381 e. The highest BCUT2D eigenvalue weighted by Crippen LogP contribution is 2.40. The van der Waals surface area contributed by atoms with Gasteiger partial charge in [-0.25, -0.2) is 13.8 Å². The molecule has 6 nitrogen and oxygen atoms in total. The van der Waals surface area contributed by atoms with Crippen LogP contribution in [0.4, 0.5) is 8.78 Å². The Balaban J connectivity index is 1.63. The number of ether oxygens (including phenoxy) is 1. The van der Waals surface area contributed by atoms with Gasteiger partial charge in [0.15, 0.2) is 0 Å². The number of imidazole rings is 1. The second-order valence-corrected chi connectivity index (χ2v) is 12.1. The third kappa shape index (κ3) is 6.93. The van der Waals surface area contributed by atoms with Crippen LogP contribution in [-0.4, -0.2) is 45.1 Å². The third-order valence-electron chi connectivity index (χ3n) is 7.79. The van der Waals surface area contributed by atoms with Crippen molar-refractivity contribution in [1.29, 1.82) is 0 Å². The van der Waals surface area contributed by atoms with Gasteiger partial charge in [0.05, 0.1) is 17.3 Å². The molecule has 1 aliphatic heterocycles. The van der Waals surface area contributed by atoms with Gasteiger partial charge in [0, 0.05) is 50.5 Å². The van der Waals surface area contributed by atoms with E-state index >= 15 is 0 Å². The number of carbonyl (C=O) groups is 1. The molecule has 1 aliphatic rings. The van der Waals surface area contributed by atoms with Crippen molar-refractivity contribution in [1.82, 2.24) is 19.4 Å². The van der Waals surface area contributed by atoms with Crippen LogP contribution in [0.25, 0.3) is 11.3 Å². The Hall–Kier alpha value is -3.91. The molecule has 220 valence electrons. The number of hydrogen-bond donors (Lipinski definition) is 0. The van der Waals surface area contributed by atoms with Gasteiger partial charge in [-0.05, 0) is 66.5 Å². The number of carbonyl (C=O) groups excluding carboxylic acids is 1. The first-order valence-corrected chi connectivity index (χ1v) is 14.6. The van der Waals surface area contributed by atoms with Gasteiger partial charge < -0.3 is 14.2 Å². The molecule has 0 unspecified atom stereocenters. The number of aromatic nitrogens is 3. The van der Waals surface area contributed by atoms with Gasteiger partial charge in [0.2, 0.25) is 0 Å². The van der Waals surface area contributed by atoms with Gasteiger partial charge in [-0.1, -0.05) is 51.1 Å². The lowest BCUT2D eigenvalue weighted by Crippen LogP contribution is -2.44. The molecule has 2 aromatic heterocycles. The van der Waals surface area contributed by atoms with Crippen molar-refractivity contribution < 1.29 is 18.3 Å². The molecule has 0 saturated carbocycles. The number of nitrogens with zero attached hydrogens (tertiary/aromatic N) is 4. The molecular weight excluding hydrogens is 534 g/mol. The van der Waals surface area contributed by atoms with E-state index in [1.165, 1.54) is 6.07 Å². The van der Waals surface area contributed by atoms with E-state index in [-0.39, 0.29) is 11.5 Å². The quantitative estimate of drug-likeness (QED) is 0.211. The highest BCUT2D eigenvalue weighted by Gasteiger charge is 2.39. The summed E-state index contributed by atoms with van der Waals surface area (Å²) in [7, 11) is 0. The average Bonchev–Trinajstić information content (AvgIpc) is 3.39. The van der Waals surface area contributed by atoms with E-state index in [4.69, 9.17) is 9.72 Å². The maximum atomic E-state index is 15.0. The Bertz CT molecular complexity index is 1480. The third-order valence-corrected chi connectivity index (χ3v) is 7.79. The van der Waals surface area contributed by atoms with Crippen molar-refractivity contribution in [2.24, 2.45) is 11.3 Å². The van der Waals surface area contributed by atoms with Crippen LogP contribution in [0.3, 0.4) is 0 Å². The molecule has 0 aliphatic carbocycles. The van der Waals surface area contributed by atoms with Gasteiger partial charge >= 0.3 is 0 Å². The molecule has 4 aromatic rings. The number of hydrogen-bond acceptors (Lipinski definition) is 4. The summed E-state index contributed by atoms with van der Waals surface area (Å²) in [5.74, 6) is -0.277. The van der Waals surface area contributed by atoms with Gasteiger partial charge in [-0.15, -0.1) is 0 Å². The lowest BCUT2D eigenvalue weighted by atomic mass is 9.84. The maximum Gasteiger partial charge on any atom is 0.256 e.